The molecule has 0 fully saturated rings. The molecule has 5 aromatic rings. The number of aromatic nitrogens is 6. The van der Waals surface area contributed by atoms with E-state index in [2.05, 4.69) is 20.2 Å². The zero-order valence-corrected chi connectivity index (χ0v) is 19.1. The fourth-order valence-electron chi connectivity index (χ4n) is 3.69. The van der Waals surface area contributed by atoms with Crippen molar-refractivity contribution in [2.75, 3.05) is 13.7 Å². The summed E-state index contributed by atoms with van der Waals surface area (Å²) in [7, 11) is 1.52. The molecular weight excluding hydrogens is 451 g/mol. The Hall–Kier alpha value is -4.60. The fraction of sp³-hybridized carbons (Fsp3) is 0.160. The lowest BCUT2D eigenvalue weighted by Crippen LogP contribution is -2.07. The van der Waals surface area contributed by atoms with Gasteiger partial charge in [-0.2, -0.15) is 15.2 Å². The summed E-state index contributed by atoms with van der Waals surface area (Å²) in [6, 6.07) is 14.4. The smallest absolute Gasteiger partial charge is 0.341 e. The number of hydrogen-bond donors (Lipinski definition) is 0. The van der Waals surface area contributed by atoms with Crippen LogP contribution in [0.2, 0.25) is 0 Å². The molecule has 35 heavy (non-hydrogen) atoms. The lowest BCUT2D eigenvalue weighted by atomic mass is 10.0. The van der Waals surface area contributed by atoms with Gasteiger partial charge in [0.1, 0.15) is 16.9 Å². The molecule has 0 saturated heterocycles. The largest absolute Gasteiger partial charge is 0.479 e. The number of ether oxygens (including phenoxy) is 2. The summed E-state index contributed by atoms with van der Waals surface area (Å²) in [6.07, 6.45) is 4.54. The van der Waals surface area contributed by atoms with Crippen LogP contribution in [-0.4, -0.2) is 49.2 Å². The van der Waals surface area contributed by atoms with Crippen molar-refractivity contribution in [3.05, 3.63) is 84.1 Å². The average molecular weight is 472 g/mol. The number of carbonyl (C=O) groups excluding carboxylic acids is 1. The maximum atomic E-state index is 13.2. The van der Waals surface area contributed by atoms with Gasteiger partial charge in [0.2, 0.25) is 5.88 Å². The molecule has 0 bridgehead atoms. The van der Waals surface area contributed by atoms with Gasteiger partial charge in [0, 0.05) is 6.20 Å². The van der Waals surface area contributed by atoms with Gasteiger partial charge in [-0.05, 0) is 35.7 Å². The summed E-state index contributed by atoms with van der Waals surface area (Å²) in [4.78, 5) is 21.0. The van der Waals surface area contributed by atoms with Gasteiger partial charge in [-0.3, -0.25) is 4.68 Å². The molecule has 10 heteroatoms. The Bertz CT molecular complexity index is 1490. The zero-order chi connectivity index (χ0) is 24.4. The Morgan fingerprint density at radius 1 is 0.971 bits per heavy atom. The molecule has 2 aromatic carbocycles. The van der Waals surface area contributed by atoms with E-state index in [9.17, 15) is 9.18 Å². The van der Waals surface area contributed by atoms with Gasteiger partial charge >= 0.3 is 5.97 Å². The monoisotopic (exact) mass is 472 g/mol. The van der Waals surface area contributed by atoms with E-state index >= 15 is 0 Å². The van der Waals surface area contributed by atoms with Crippen molar-refractivity contribution in [1.82, 2.24) is 29.5 Å². The minimum atomic E-state index is -0.468. The molecule has 0 atom stereocenters. The minimum Gasteiger partial charge on any atom is -0.479 e. The van der Waals surface area contributed by atoms with E-state index in [4.69, 9.17) is 9.47 Å². The Balaban J connectivity index is 1.42. The lowest BCUT2D eigenvalue weighted by molar-refractivity contribution is 0.0526. The molecule has 0 aliphatic rings. The van der Waals surface area contributed by atoms with Crippen LogP contribution in [0.5, 0.6) is 5.88 Å². The van der Waals surface area contributed by atoms with E-state index in [1.807, 2.05) is 24.3 Å². The Morgan fingerprint density at radius 3 is 2.37 bits per heavy atom. The van der Waals surface area contributed by atoms with Crippen LogP contribution in [0.15, 0.2) is 67.1 Å². The van der Waals surface area contributed by atoms with Gasteiger partial charge in [0.05, 0.1) is 38.2 Å². The van der Waals surface area contributed by atoms with E-state index in [0.29, 0.717) is 29.0 Å². The predicted molar refractivity (Wildman–Crippen MR) is 126 cm³/mol. The van der Waals surface area contributed by atoms with Gasteiger partial charge in [0.15, 0.2) is 0 Å². The van der Waals surface area contributed by atoms with Crippen LogP contribution in [0.25, 0.3) is 28.1 Å². The molecule has 9 nitrogen and oxygen atoms in total. The third-order valence-electron chi connectivity index (χ3n) is 5.40. The van der Waals surface area contributed by atoms with Crippen molar-refractivity contribution >= 4 is 17.0 Å². The molecule has 176 valence electrons. The topological polar surface area (TPSA) is 97.0 Å². The number of hydrogen-bond acceptors (Lipinski definition) is 7. The van der Waals surface area contributed by atoms with Crippen LogP contribution in [0, 0.1) is 5.82 Å². The molecule has 3 heterocycles. The highest BCUT2D eigenvalue weighted by Gasteiger charge is 2.17. The molecule has 0 aliphatic heterocycles. The highest BCUT2D eigenvalue weighted by atomic mass is 19.1. The van der Waals surface area contributed by atoms with Crippen LogP contribution in [0.3, 0.4) is 0 Å². The van der Waals surface area contributed by atoms with Crippen molar-refractivity contribution in [2.45, 2.75) is 13.5 Å². The summed E-state index contributed by atoms with van der Waals surface area (Å²) in [5.41, 5.74) is 4.45. The second kappa shape index (κ2) is 9.34. The van der Waals surface area contributed by atoms with Crippen LogP contribution < -0.4 is 4.74 Å². The standard InChI is InChI=1S/C25H21FN6O3/c1-3-35-24(33)19-12-27-32(15-19)25-29-21-13-28-31(22(21)23(30-25)34-2)14-16-4-6-17(7-5-16)18-8-10-20(26)11-9-18/h4-13,15H,3,14H2,1-2H3. The Kier molecular flexibility index (Phi) is 5.92. The highest BCUT2D eigenvalue weighted by Crippen LogP contribution is 2.25. The number of rotatable bonds is 7. The first-order valence-corrected chi connectivity index (χ1v) is 10.9. The van der Waals surface area contributed by atoms with Gasteiger partial charge < -0.3 is 9.47 Å². The second-order valence-corrected chi connectivity index (χ2v) is 7.67. The number of carbonyl (C=O) groups is 1. The van der Waals surface area contributed by atoms with Gasteiger partial charge in [-0.1, -0.05) is 36.4 Å². The summed E-state index contributed by atoms with van der Waals surface area (Å²) < 4.78 is 26.9. The van der Waals surface area contributed by atoms with Gasteiger partial charge in [-0.25, -0.2) is 18.9 Å². The first kappa shape index (κ1) is 22.2. The van der Waals surface area contributed by atoms with Crippen molar-refractivity contribution in [1.29, 1.82) is 0 Å². The molecular formula is C25H21FN6O3. The molecule has 0 saturated carbocycles. The quantitative estimate of drug-likeness (QED) is 0.330. The third kappa shape index (κ3) is 4.45. The van der Waals surface area contributed by atoms with Gasteiger partial charge in [0.25, 0.3) is 5.95 Å². The Morgan fingerprint density at radius 2 is 1.69 bits per heavy atom. The van der Waals surface area contributed by atoms with Crippen LogP contribution in [0.1, 0.15) is 22.8 Å². The summed E-state index contributed by atoms with van der Waals surface area (Å²) in [5.74, 6) is -0.154. The number of esters is 1. The Labute approximate surface area is 199 Å². The molecule has 5 rings (SSSR count). The molecule has 0 unspecified atom stereocenters. The minimum absolute atomic E-state index is 0.244. The number of fused-ring (bicyclic) bond motifs is 1. The van der Waals surface area contributed by atoms with E-state index in [1.165, 1.54) is 36.3 Å². The van der Waals surface area contributed by atoms with Crippen molar-refractivity contribution in [2.24, 2.45) is 0 Å². The van der Waals surface area contributed by atoms with Crippen molar-refractivity contribution < 1.29 is 18.7 Å². The molecule has 0 N–H and O–H groups in total. The van der Waals surface area contributed by atoms with Crippen LogP contribution >= 0.6 is 0 Å². The fourth-order valence-corrected chi connectivity index (χ4v) is 3.69. The lowest BCUT2D eigenvalue weighted by Gasteiger charge is -2.09. The number of halogens is 1. The number of methoxy groups -OCH3 is 1. The first-order chi connectivity index (χ1) is 17.1. The second-order valence-electron chi connectivity index (χ2n) is 7.67. The maximum Gasteiger partial charge on any atom is 0.341 e. The summed E-state index contributed by atoms with van der Waals surface area (Å²) in [6.45, 7) is 2.48. The third-order valence-corrected chi connectivity index (χ3v) is 5.40. The van der Waals surface area contributed by atoms with Crippen molar-refractivity contribution in [3.8, 4) is 23.0 Å². The SMILES string of the molecule is CCOC(=O)c1cnn(-c2nc(OC)c3c(cnn3Cc3ccc(-c4ccc(F)cc4)cc3)n2)c1. The molecule has 0 spiro atoms. The van der Waals surface area contributed by atoms with E-state index in [1.54, 1.807) is 29.9 Å². The zero-order valence-electron chi connectivity index (χ0n) is 19.1. The number of nitrogens with zero attached hydrogens (tertiary/aromatic N) is 6. The van der Waals surface area contributed by atoms with Crippen LogP contribution in [-0.2, 0) is 11.3 Å². The van der Waals surface area contributed by atoms with E-state index in [0.717, 1.165) is 16.7 Å². The molecule has 0 radical (unpaired) electrons. The van der Waals surface area contributed by atoms with Gasteiger partial charge in [-0.15, -0.1) is 0 Å². The normalized spacial score (nSPS) is 11.1. The van der Waals surface area contributed by atoms with E-state index < -0.39 is 5.97 Å². The van der Waals surface area contributed by atoms with Crippen LogP contribution in [0.4, 0.5) is 4.39 Å². The first-order valence-electron chi connectivity index (χ1n) is 10.9. The molecule has 0 aliphatic carbocycles. The van der Waals surface area contributed by atoms with Crippen molar-refractivity contribution in [3.63, 3.8) is 0 Å². The molecule has 0 amide bonds. The average Bonchev–Trinajstić information content (AvgIpc) is 3.53. The summed E-state index contributed by atoms with van der Waals surface area (Å²) in [5, 5.41) is 8.64. The van der Waals surface area contributed by atoms with E-state index in [-0.39, 0.29) is 18.4 Å². The predicted octanol–water partition coefficient (Wildman–Crippen LogP) is 4.05. The number of benzene rings is 2. The molecule has 3 aromatic heterocycles. The highest BCUT2D eigenvalue weighted by molar-refractivity contribution is 5.88. The summed E-state index contributed by atoms with van der Waals surface area (Å²) >= 11 is 0. The maximum absolute atomic E-state index is 13.2.